The average molecular weight is 444 g/mol. The number of ether oxygens (including phenoxy) is 2. The van der Waals surface area contributed by atoms with Crippen LogP contribution in [0.2, 0.25) is 5.02 Å². The second-order valence-corrected chi connectivity index (χ2v) is 8.54. The molecule has 1 aliphatic rings. The van der Waals surface area contributed by atoms with Crippen molar-refractivity contribution in [2.45, 2.75) is 19.1 Å². The van der Waals surface area contributed by atoms with Gasteiger partial charge in [0.1, 0.15) is 17.3 Å². The minimum atomic E-state index is -0.130. The first-order valence-corrected chi connectivity index (χ1v) is 10.8. The Bertz CT molecular complexity index is 1130. The normalized spacial score (nSPS) is 15.9. The van der Waals surface area contributed by atoms with Crippen LogP contribution >= 0.6 is 23.4 Å². The van der Waals surface area contributed by atoms with Gasteiger partial charge in [-0.1, -0.05) is 23.7 Å². The van der Waals surface area contributed by atoms with Gasteiger partial charge in [-0.15, -0.1) is 11.8 Å². The highest BCUT2D eigenvalue weighted by atomic mass is 35.5. The van der Waals surface area contributed by atoms with Gasteiger partial charge in [0.2, 0.25) is 5.91 Å². The molecule has 0 aliphatic carbocycles. The third kappa shape index (κ3) is 3.63. The van der Waals surface area contributed by atoms with Crippen LogP contribution in [0.25, 0.3) is 5.69 Å². The van der Waals surface area contributed by atoms with Crippen molar-refractivity contribution in [3.63, 3.8) is 0 Å². The Morgan fingerprint density at radius 3 is 2.67 bits per heavy atom. The third-order valence-corrected chi connectivity index (χ3v) is 6.79. The summed E-state index contributed by atoms with van der Waals surface area (Å²) in [6.07, 6.45) is 0. The van der Waals surface area contributed by atoms with Crippen LogP contribution in [0.3, 0.4) is 0 Å². The highest BCUT2D eigenvalue weighted by Crippen LogP contribution is 2.47. The molecule has 8 heteroatoms. The molecule has 1 amide bonds. The SMILES string of the molecule is COc1ccc(C2SCC(=O)Nc3c2c(C)nn3-c2ccc(C)c(Cl)c2)c(OC)c1. The predicted octanol–water partition coefficient (Wildman–Crippen LogP) is 4.93. The van der Waals surface area contributed by atoms with Crippen LogP contribution in [0.4, 0.5) is 5.82 Å². The summed E-state index contributed by atoms with van der Waals surface area (Å²) in [4.78, 5) is 12.5. The van der Waals surface area contributed by atoms with Crippen molar-refractivity contribution in [3.8, 4) is 17.2 Å². The summed E-state index contributed by atoms with van der Waals surface area (Å²) in [6.45, 7) is 3.90. The molecule has 1 N–H and O–H groups in total. The Balaban J connectivity index is 1.90. The van der Waals surface area contributed by atoms with Gasteiger partial charge in [-0.05, 0) is 37.6 Å². The second-order valence-electron chi connectivity index (χ2n) is 7.04. The highest BCUT2D eigenvalue weighted by molar-refractivity contribution is 8.00. The number of halogens is 1. The quantitative estimate of drug-likeness (QED) is 0.619. The number of benzene rings is 2. The summed E-state index contributed by atoms with van der Waals surface area (Å²) in [7, 11) is 3.25. The molecule has 6 nitrogen and oxygen atoms in total. The molecule has 0 saturated carbocycles. The first kappa shape index (κ1) is 20.6. The Hall–Kier alpha value is -2.64. The molecule has 1 aliphatic heterocycles. The Kier molecular flexibility index (Phi) is 5.66. The Morgan fingerprint density at radius 2 is 1.97 bits per heavy atom. The van der Waals surface area contributed by atoms with Crippen molar-refractivity contribution in [1.29, 1.82) is 0 Å². The summed E-state index contributed by atoms with van der Waals surface area (Å²) in [6, 6.07) is 11.5. The minimum absolute atomic E-state index is 0.0735. The Labute approximate surface area is 184 Å². The van der Waals surface area contributed by atoms with E-state index in [4.69, 9.17) is 26.2 Å². The van der Waals surface area contributed by atoms with Gasteiger partial charge in [0, 0.05) is 22.2 Å². The van der Waals surface area contributed by atoms with Gasteiger partial charge < -0.3 is 14.8 Å². The number of hydrogen-bond donors (Lipinski definition) is 1. The number of carbonyl (C=O) groups excluding carboxylic acids is 1. The topological polar surface area (TPSA) is 65.4 Å². The molecule has 1 atom stereocenters. The summed E-state index contributed by atoms with van der Waals surface area (Å²) in [5, 5.41) is 8.30. The predicted molar refractivity (Wildman–Crippen MR) is 121 cm³/mol. The molecule has 156 valence electrons. The lowest BCUT2D eigenvalue weighted by Crippen LogP contribution is -2.15. The smallest absolute Gasteiger partial charge is 0.235 e. The number of fused-ring (bicyclic) bond motifs is 1. The van der Waals surface area contributed by atoms with Crippen LogP contribution in [0.1, 0.15) is 27.6 Å². The first-order valence-electron chi connectivity index (χ1n) is 9.42. The molecular weight excluding hydrogens is 422 g/mol. The number of hydrogen-bond acceptors (Lipinski definition) is 5. The number of methoxy groups -OCH3 is 2. The number of aromatic nitrogens is 2. The molecule has 0 bridgehead atoms. The first-order chi connectivity index (χ1) is 14.4. The van der Waals surface area contributed by atoms with E-state index in [-0.39, 0.29) is 11.2 Å². The number of carbonyl (C=O) groups is 1. The van der Waals surface area contributed by atoms with E-state index in [1.165, 1.54) is 0 Å². The fraction of sp³-hybridized carbons (Fsp3) is 0.273. The lowest BCUT2D eigenvalue weighted by atomic mass is 10.0. The monoisotopic (exact) mass is 443 g/mol. The molecule has 30 heavy (non-hydrogen) atoms. The van der Waals surface area contributed by atoms with Crippen molar-refractivity contribution >= 4 is 35.1 Å². The number of rotatable bonds is 4. The van der Waals surface area contributed by atoms with E-state index < -0.39 is 0 Å². The fourth-order valence-corrected chi connectivity index (χ4v) is 4.95. The molecule has 2 aromatic carbocycles. The van der Waals surface area contributed by atoms with Crippen molar-refractivity contribution in [2.75, 3.05) is 25.3 Å². The minimum Gasteiger partial charge on any atom is -0.497 e. The maximum absolute atomic E-state index is 12.5. The molecule has 0 spiro atoms. The lowest BCUT2D eigenvalue weighted by molar-refractivity contribution is -0.113. The third-order valence-electron chi connectivity index (χ3n) is 5.13. The number of thioether (sulfide) groups is 1. The summed E-state index contributed by atoms with van der Waals surface area (Å²) in [5.74, 6) is 2.33. The molecule has 3 aromatic rings. The molecule has 1 aromatic heterocycles. The standard InChI is InChI=1S/C22H22ClN3O3S/c1-12-5-6-14(9-17(12)23)26-22-20(13(2)25-26)21(30-11-19(27)24-22)16-8-7-15(28-3)10-18(16)29-4/h5-10,21H,11H2,1-4H3,(H,24,27). The van der Waals surface area contributed by atoms with E-state index in [0.29, 0.717) is 28.1 Å². The van der Waals surface area contributed by atoms with Gasteiger partial charge in [-0.25, -0.2) is 4.68 Å². The summed E-state index contributed by atoms with van der Waals surface area (Å²) >= 11 is 7.89. The van der Waals surface area contributed by atoms with Crippen molar-refractivity contribution in [2.24, 2.45) is 0 Å². The van der Waals surface area contributed by atoms with Gasteiger partial charge in [0.25, 0.3) is 0 Å². The zero-order chi connectivity index (χ0) is 21.4. The summed E-state index contributed by atoms with van der Waals surface area (Å²) in [5.41, 5.74) is 4.52. The lowest BCUT2D eigenvalue weighted by Gasteiger charge is -2.19. The van der Waals surface area contributed by atoms with Crippen LogP contribution in [-0.2, 0) is 4.79 Å². The van der Waals surface area contributed by atoms with Gasteiger partial charge in [0.05, 0.1) is 36.6 Å². The second kappa shape index (κ2) is 8.24. The van der Waals surface area contributed by atoms with Crippen LogP contribution < -0.4 is 14.8 Å². The van der Waals surface area contributed by atoms with E-state index in [1.807, 2.05) is 50.2 Å². The fourth-order valence-electron chi connectivity index (χ4n) is 3.56. The maximum atomic E-state index is 12.5. The zero-order valence-corrected chi connectivity index (χ0v) is 18.7. The van der Waals surface area contributed by atoms with Gasteiger partial charge in [-0.2, -0.15) is 5.10 Å². The average Bonchev–Trinajstić information content (AvgIpc) is 2.95. The molecule has 0 saturated heterocycles. The van der Waals surface area contributed by atoms with Crippen LogP contribution in [0.5, 0.6) is 11.5 Å². The van der Waals surface area contributed by atoms with Crippen molar-refractivity contribution in [3.05, 3.63) is 63.8 Å². The van der Waals surface area contributed by atoms with Gasteiger partial charge >= 0.3 is 0 Å². The zero-order valence-electron chi connectivity index (χ0n) is 17.2. The van der Waals surface area contributed by atoms with Gasteiger partial charge in [-0.3, -0.25) is 4.79 Å². The van der Waals surface area contributed by atoms with Crippen molar-refractivity contribution < 1.29 is 14.3 Å². The van der Waals surface area contributed by atoms with Crippen LogP contribution in [0, 0.1) is 13.8 Å². The number of anilines is 1. The molecular formula is C22H22ClN3O3S. The summed E-state index contributed by atoms with van der Waals surface area (Å²) < 4.78 is 12.7. The number of amides is 1. The molecule has 2 heterocycles. The van der Waals surface area contributed by atoms with E-state index in [1.54, 1.807) is 30.7 Å². The van der Waals surface area contributed by atoms with Crippen LogP contribution in [0.15, 0.2) is 36.4 Å². The van der Waals surface area contributed by atoms with Gasteiger partial charge in [0.15, 0.2) is 0 Å². The number of nitrogens with one attached hydrogen (secondary N) is 1. The molecule has 0 fully saturated rings. The molecule has 4 rings (SSSR count). The highest BCUT2D eigenvalue weighted by Gasteiger charge is 2.32. The van der Waals surface area contributed by atoms with Crippen LogP contribution in [-0.4, -0.2) is 35.7 Å². The Morgan fingerprint density at radius 1 is 1.17 bits per heavy atom. The largest absolute Gasteiger partial charge is 0.497 e. The van der Waals surface area contributed by atoms with E-state index >= 15 is 0 Å². The number of nitrogens with zero attached hydrogens (tertiary/aromatic N) is 2. The van der Waals surface area contributed by atoms with Crippen molar-refractivity contribution in [1.82, 2.24) is 9.78 Å². The van der Waals surface area contributed by atoms with E-state index in [9.17, 15) is 4.79 Å². The number of aryl methyl sites for hydroxylation is 2. The molecule has 1 unspecified atom stereocenters. The maximum Gasteiger partial charge on any atom is 0.235 e. The van der Waals surface area contributed by atoms with E-state index in [0.717, 1.165) is 28.1 Å². The van der Waals surface area contributed by atoms with E-state index in [2.05, 4.69) is 5.32 Å². The molecule has 0 radical (unpaired) electrons.